The first-order chi connectivity index (χ1) is 8.69. The molecule has 0 unspecified atom stereocenters. The standard InChI is InChI=1S/C17H19Cl/c1-4-14-7-5-9-16(12(14)2)17-10-6-8-15(11-18)13(17)3/h5-10H,4,11H2,1-3H3. The average molecular weight is 259 g/mol. The van der Waals surface area contributed by atoms with E-state index in [9.17, 15) is 0 Å². The van der Waals surface area contributed by atoms with E-state index in [4.69, 9.17) is 11.6 Å². The molecule has 94 valence electrons. The maximum atomic E-state index is 5.99. The molecule has 0 spiro atoms. The minimum absolute atomic E-state index is 0.576. The van der Waals surface area contributed by atoms with Gasteiger partial charge in [-0.1, -0.05) is 43.3 Å². The SMILES string of the molecule is CCc1cccc(-c2cccc(CCl)c2C)c1C. The summed E-state index contributed by atoms with van der Waals surface area (Å²) >= 11 is 5.99. The molecule has 2 aromatic carbocycles. The second kappa shape index (κ2) is 5.58. The molecule has 0 radical (unpaired) electrons. The third kappa shape index (κ3) is 2.30. The van der Waals surface area contributed by atoms with Gasteiger partial charge in [-0.3, -0.25) is 0 Å². The van der Waals surface area contributed by atoms with Crippen molar-refractivity contribution in [1.82, 2.24) is 0 Å². The summed E-state index contributed by atoms with van der Waals surface area (Å²) in [4.78, 5) is 0. The molecule has 0 heterocycles. The third-order valence-corrected chi connectivity index (χ3v) is 3.99. The molecule has 0 atom stereocenters. The number of halogens is 1. The molecule has 0 aromatic heterocycles. The molecular weight excluding hydrogens is 240 g/mol. The molecule has 0 bridgehead atoms. The predicted octanol–water partition coefficient (Wildman–Crippen LogP) is 5.27. The Labute approximate surface area is 115 Å². The van der Waals surface area contributed by atoms with Crippen molar-refractivity contribution in [3.8, 4) is 11.1 Å². The Hall–Kier alpha value is -1.27. The lowest BCUT2D eigenvalue weighted by Crippen LogP contribution is -1.94. The molecule has 0 aliphatic heterocycles. The molecule has 0 aliphatic carbocycles. The Morgan fingerprint density at radius 3 is 1.83 bits per heavy atom. The van der Waals surface area contributed by atoms with Crippen LogP contribution in [0.2, 0.25) is 0 Å². The minimum Gasteiger partial charge on any atom is -0.122 e. The summed E-state index contributed by atoms with van der Waals surface area (Å²) in [6.45, 7) is 6.57. The average Bonchev–Trinajstić information content (AvgIpc) is 2.40. The van der Waals surface area contributed by atoms with Crippen molar-refractivity contribution in [3.63, 3.8) is 0 Å². The van der Waals surface area contributed by atoms with Crippen molar-refractivity contribution in [2.75, 3.05) is 0 Å². The van der Waals surface area contributed by atoms with Gasteiger partial charge in [0.15, 0.2) is 0 Å². The maximum Gasteiger partial charge on any atom is 0.0476 e. The van der Waals surface area contributed by atoms with Gasteiger partial charge in [-0.2, -0.15) is 0 Å². The van der Waals surface area contributed by atoms with Crippen LogP contribution in [-0.2, 0) is 12.3 Å². The molecule has 0 N–H and O–H groups in total. The number of aryl methyl sites for hydroxylation is 1. The van der Waals surface area contributed by atoms with Crippen molar-refractivity contribution in [1.29, 1.82) is 0 Å². The topological polar surface area (TPSA) is 0 Å². The highest BCUT2D eigenvalue weighted by Crippen LogP contribution is 2.30. The Balaban J connectivity index is 2.62. The summed E-state index contributed by atoms with van der Waals surface area (Å²) in [6, 6.07) is 12.9. The second-order valence-corrected chi connectivity index (χ2v) is 4.93. The lowest BCUT2D eigenvalue weighted by atomic mass is 9.91. The molecule has 0 fully saturated rings. The van der Waals surface area contributed by atoms with E-state index in [1.807, 2.05) is 0 Å². The summed E-state index contributed by atoms with van der Waals surface area (Å²) in [5.41, 5.74) is 7.96. The Kier molecular flexibility index (Phi) is 4.08. The highest BCUT2D eigenvalue weighted by Gasteiger charge is 2.09. The van der Waals surface area contributed by atoms with Gasteiger partial charge in [0.1, 0.15) is 0 Å². The van der Waals surface area contributed by atoms with E-state index in [1.165, 1.54) is 33.4 Å². The van der Waals surface area contributed by atoms with Crippen molar-refractivity contribution in [3.05, 3.63) is 58.7 Å². The zero-order valence-electron chi connectivity index (χ0n) is 11.3. The quantitative estimate of drug-likeness (QED) is 0.658. The first kappa shape index (κ1) is 13.2. The van der Waals surface area contributed by atoms with Crippen molar-refractivity contribution in [2.45, 2.75) is 33.1 Å². The van der Waals surface area contributed by atoms with Gasteiger partial charge in [0, 0.05) is 5.88 Å². The Bertz CT molecular complexity index is 504. The fraction of sp³-hybridized carbons (Fsp3) is 0.294. The largest absolute Gasteiger partial charge is 0.122 e. The van der Waals surface area contributed by atoms with Gasteiger partial charge < -0.3 is 0 Å². The molecule has 0 amide bonds. The van der Waals surface area contributed by atoms with E-state index in [0.29, 0.717) is 5.88 Å². The van der Waals surface area contributed by atoms with Gasteiger partial charge in [0.2, 0.25) is 0 Å². The number of rotatable bonds is 3. The van der Waals surface area contributed by atoms with Gasteiger partial charge in [0.25, 0.3) is 0 Å². The number of hydrogen-bond acceptors (Lipinski definition) is 0. The summed E-state index contributed by atoms with van der Waals surface area (Å²) < 4.78 is 0. The number of hydrogen-bond donors (Lipinski definition) is 0. The van der Waals surface area contributed by atoms with Crippen LogP contribution in [0.4, 0.5) is 0 Å². The van der Waals surface area contributed by atoms with Crippen LogP contribution in [0.3, 0.4) is 0 Å². The number of benzene rings is 2. The van der Waals surface area contributed by atoms with Gasteiger partial charge in [-0.25, -0.2) is 0 Å². The molecule has 18 heavy (non-hydrogen) atoms. The third-order valence-electron chi connectivity index (χ3n) is 3.71. The van der Waals surface area contributed by atoms with E-state index < -0.39 is 0 Å². The number of alkyl halides is 1. The second-order valence-electron chi connectivity index (χ2n) is 4.67. The molecule has 2 aromatic rings. The van der Waals surface area contributed by atoms with E-state index in [-0.39, 0.29) is 0 Å². The zero-order chi connectivity index (χ0) is 13.1. The van der Waals surface area contributed by atoms with Gasteiger partial charge in [-0.15, -0.1) is 11.6 Å². The highest BCUT2D eigenvalue weighted by atomic mass is 35.5. The summed E-state index contributed by atoms with van der Waals surface area (Å²) in [5.74, 6) is 0.576. The molecule has 0 saturated carbocycles. The fourth-order valence-corrected chi connectivity index (χ4v) is 2.77. The minimum atomic E-state index is 0.576. The van der Waals surface area contributed by atoms with Crippen LogP contribution in [0, 0.1) is 13.8 Å². The van der Waals surface area contributed by atoms with E-state index in [2.05, 4.69) is 57.2 Å². The van der Waals surface area contributed by atoms with Crippen LogP contribution >= 0.6 is 11.6 Å². The lowest BCUT2D eigenvalue weighted by Gasteiger charge is -2.14. The monoisotopic (exact) mass is 258 g/mol. The van der Waals surface area contributed by atoms with Crippen LogP contribution in [0.5, 0.6) is 0 Å². The lowest BCUT2D eigenvalue weighted by molar-refractivity contribution is 1.11. The van der Waals surface area contributed by atoms with Gasteiger partial charge >= 0.3 is 0 Å². The van der Waals surface area contributed by atoms with E-state index in [1.54, 1.807) is 0 Å². The Morgan fingerprint density at radius 2 is 1.33 bits per heavy atom. The van der Waals surface area contributed by atoms with Gasteiger partial charge in [0.05, 0.1) is 0 Å². The predicted molar refractivity (Wildman–Crippen MR) is 80.3 cm³/mol. The van der Waals surface area contributed by atoms with Crippen molar-refractivity contribution < 1.29 is 0 Å². The van der Waals surface area contributed by atoms with Crippen LogP contribution in [0.15, 0.2) is 36.4 Å². The first-order valence-electron chi connectivity index (χ1n) is 6.42. The molecule has 0 aliphatic rings. The normalized spacial score (nSPS) is 10.7. The summed E-state index contributed by atoms with van der Waals surface area (Å²) in [5, 5.41) is 0. The van der Waals surface area contributed by atoms with E-state index >= 15 is 0 Å². The maximum absolute atomic E-state index is 5.99. The van der Waals surface area contributed by atoms with Crippen LogP contribution in [-0.4, -0.2) is 0 Å². The van der Waals surface area contributed by atoms with Crippen LogP contribution in [0.25, 0.3) is 11.1 Å². The smallest absolute Gasteiger partial charge is 0.0476 e. The molecule has 2 rings (SSSR count). The highest BCUT2D eigenvalue weighted by molar-refractivity contribution is 6.17. The fourth-order valence-electron chi connectivity index (χ4n) is 2.48. The summed E-state index contributed by atoms with van der Waals surface area (Å²) in [7, 11) is 0. The zero-order valence-corrected chi connectivity index (χ0v) is 12.0. The van der Waals surface area contributed by atoms with Gasteiger partial charge in [-0.05, 0) is 53.6 Å². The van der Waals surface area contributed by atoms with Crippen molar-refractivity contribution in [2.24, 2.45) is 0 Å². The molecule has 1 heteroatoms. The first-order valence-corrected chi connectivity index (χ1v) is 6.95. The summed E-state index contributed by atoms with van der Waals surface area (Å²) in [6.07, 6.45) is 1.08. The van der Waals surface area contributed by atoms with Crippen LogP contribution in [0.1, 0.15) is 29.2 Å². The molecule has 0 saturated heterocycles. The van der Waals surface area contributed by atoms with Crippen molar-refractivity contribution >= 4 is 11.6 Å². The molecule has 0 nitrogen and oxygen atoms in total. The Morgan fingerprint density at radius 1 is 0.833 bits per heavy atom. The molecular formula is C17H19Cl. The van der Waals surface area contributed by atoms with Crippen LogP contribution < -0.4 is 0 Å². The van der Waals surface area contributed by atoms with E-state index in [0.717, 1.165) is 6.42 Å².